The molecule has 1 aromatic carbocycles. The van der Waals surface area contributed by atoms with Gasteiger partial charge in [0.05, 0.1) is 18.0 Å². The third kappa shape index (κ3) is 1.87. The molecular formula is C15H16N4O. The van der Waals surface area contributed by atoms with E-state index in [1.54, 1.807) is 18.6 Å². The molecule has 3 rings (SSSR count). The Labute approximate surface area is 117 Å². The lowest BCUT2D eigenvalue weighted by molar-refractivity contribution is 0.471. The number of aromatic hydroxyl groups is 1. The van der Waals surface area contributed by atoms with Crippen LogP contribution in [0.1, 0.15) is 5.56 Å². The molecule has 3 aromatic rings. The molecule has 0 radical (unpaired) electrons. The summed E-state index contributed by atoms with van der Waals surface area (Å²) < 4.78 is 1.96. The second kappa shape index (κ2) is 4.52. The second-order valence-corrected chi connectivity index (χ2v) is 4.87. The van der Waals surface area contributed by atoms with Crippen molar-refractivity contribution in [2.24, 2.45) is 7.05 Å². The molecular weight excluding hydrogens is 252 g/mol. The summed E-state index contributed by atoms with van der Waals surface area (Å²) in [6.07, 6.45) is 3.54. The fourth-order valence-corrected chi connectivity index (χ4v) is 2.30. The van der Waals surface area contributed by atoms with Crippen molar-refractivity contribution < 1.29 is 5.11 Å². The van der Waals surface area contributed by atoms with Crippen LogP contribution in [-0.2, 0) is 7.05 Å². The quantitative estimate of drug-likeness (QED) is 0.776. The highest BCUT2D eigenvalue weighted by molar-refractivity contribution is 5.79. The maximum Gasteiger partial charge on any atom is 0.134 e. The van der Waals surface area contributed by atoms with Gasteiger partial charge in [-0.25, -0.2) is 9.97 Å². The summed E-state index contributed by atoms with van der Waals surface area (Å²) in [4.78, 5) is 10.7. The van der Waals surface area contributed by atoms with Gasteiger partial charge < -0.3 is 14.6 Å². The van der Waals surface area contributed by atoms with Crippen molar-refractivity contribution in [3.8, 4) is 5.75 Å². The molecule has 20 heavy (non-hydrogen) atoms. The van der Waals surface area contributed by atoms with Crippen LogP contribution in [0.5, 0.6) is 5.75 Å². The van der Waals surface area contributed by atoms with Crippen LogP contribution < -0.4 is 4.90 Å². The number of aryl methyl sites for hydroxylation is 1. The van der Waals surface area contributed by atoms with E-state index >= 15 is 0 Å². The van der Waals surface area contributed by atoms with E-state index in [0.29, 0.717) is 0 Å². The highest BCUT2D eigenvalue weighted by Crippen LogP contribution is 2.31. The summed E-state index contributed by atoms with van der Waals surface area (Å²) in [5, 5.41) is 9.82. The van der Waals surface area contributed by atoms with Gasteiger partial charge in [0.15, 0.2) is 0 Å². The number of hydrogen-bond donors (Lipinski definition) is 1. The summed E-state index contributed by atoms with van der Waals surface area (Å²) in [5.74, 6) is 1.10. The molecule has 0 aliphatic rings. The summed E-state index contributed by atoms with van der Waals surface area (Å²) in [6.45, 7) is 1.89. The monoisotopic (exact) mass is 268 g/mol. The Morgan fingerprint density at radius 1 is 1.25 bits per heavy atom. The minimum Gasteiger partial charge on any atom is -0.508 e. The first-order valence-corrected chi connectivity index (χ1v) is 6.37. The van der Waals surface area contributed by atoms with Crippen LogP contribution in [-0.4, -0.2) is 26.7 Å². The smallest absolute Gasteiger partial charge is 0.134 e. The molecule has 0 amide bonds. The number of aromatic nitrogens is 3. The molecule has 0 aliphatic carbocycles. The number of imidazole rings is 1. The minimum absolute atomic E-state index is 0.288. The Kier molecular flexibility index (Phi) is 2.82. The van der Waals surface area contributed by atoms with Crippen molar-refractivity contribution in [1.82, 2.24) is 14.5 Å². The average Bonchev–Trinajstić information content (AvgIpc) is 2.82. The van der Waals surface area contributed by atoms with Crippen LogP contribution in [0.15, 0.2) is 36.8 Å². The summed E-state index contributed by atoms with van der Waals surface area (Å²) in [6, 6.07) is 7.47. The number of phenols is 1. The third-order valence-electron chi connectivity index (χ3n) is 3.58. The van der Waals surface area contributed by atoms with Gasteiger partial charge >= 0.3 is 0 Å². The number of pyridine rings is 1. The van der Waals surface area contributed by atoms with Crippen LogP contribution in [0.25, 0.3) is 11.0 Å². The zero-order chi connectivity index (χ0) is 14.3. The van der Waals surface area contributed by atoms with Crippen LogP contribution in [0.2, 0.25) is 0 Å². The van der Waals surface area contributed by atoms with E-state index in [9.17, 15) is 5.11 Å². The van der Waals surface area contributed by atoms with Crippen LogP contribution >= 0.6 is 0 Å². The zero-order valence-electron chi connectivity index (χ0n) is 11.7. The highest BCUT2D eigenvalue weighted by atomic mass is 16.3. The summed E-state index contributed by atoms with van der Waals surface area (Å²) in [5.41, 5.74) is 3.66. The lowest BCUT2D eigenvalue weighted by atomic mass is 10.1. The highest BCUT2D eigenvalue weighted by Gasteiger charge is 2.12. The molecule has 0 saturated carbocycles. The first-order valence-electron chi connectivity index (χ1n) is 6.37. The maximum absolute atomic E-state index is 9.82. The van der Waals surface area contributed by atoms with Gasteiger partial charge in [0.2, 0.25) is 0 Å². The standard InChI is InChI=1S/C15H16N4O/c1-10-12(5-4-6-14(10)20)19(3)15-7-13-11(8-16-15)17-9-18(13)2/h4-9,20H,1-3H3. The van der Waals surface area contributed by atoms with Crippen molar-refractivity contribution >= 4 is 22.5 Å². The van der Waals surface area contributed by atoms with Crippen LogP contribution in [0.4, 0.5) is 11.5 Å². The Balaban J connectivity index is 2.09. The fraction of sp³-hybridized carbons (Fsp3) is 0.200. The molecule has 102 valence electrons. The molecule has 0 aliphatic heterocycles. The first-order chi connectivity index (χ1) is 9.58. The lowest BCUT2D eigenvalue weighted by Gasteiger charge is -2.21. The second-order valence-electron chi connectivity index (χ2n) is 4.87. The lowest BCUT2D eigenvalue weighted by Crippen LogP contribution is -2.12. The molecule has 0 fully saturated rings. The Bertz CT molecular complexity index is 779. The maximum atomic E-state index is 9.82. The van der Waals surface area contributed by atoms with Gasteiger partial charge in [-0.05, 0) is 19.1 Å². The molecule has 0 unspecified atom stereocenters. The third-order valence-corrected chi connectivity index (χ3v) is 3.58. The number of hydrogen-bond acceptors (Lipinski definition) is 4. The molecule has 5 heteroatoms. The van der Waals surface area contributed by atoms with Crippen LogP contribution in [0, 0.1) is 6.92 Å². The summed E-state index contributed by atoms with van der Waals surface area (Å²) >= 11 is 0. The van der Waals surface area contributed by atoms with E-state index < -0.39 is 0 Å². The normalized spacial score (nSPS) is 10.9. The Hall–Kier alpha value is -2.56. The van der Waals surface area contributed by atoms with E-state index in [4.69, 9.17) is 0 Å². The number of anilines is 2. The van der Waals surface area contributed by atoms with E-state index in [2.05, 4.69) is 9.97 Å². The topological polar surface area (TPSA) is 54.2 Å². The van der Waals surface area contributed by atoms with Crippen LogP contribution in [0.3, 0.4) is 0 Å². The molecule has 2 heterocycles. The van der Waals surface area contributed by atoms with Crippen molar-refractivity contribution in [3.05, 3.63) is 42.4 Å². The largest absolute Gasteiger partial charge is 0.508 e. The average molecular weight is 268 g/mol. The Morgan fingerprint density at radius 2 is 2.05 bits per heavy atom. The number of fused-ring (bicyclic) bond motifs is 1. The van der Waals surface area contributed by atoms with Gasteiger partial charge in [-0.15, -0.1) is 0 Å². The van der Waals surface area contributed by atoms with E-state index in [1.165, 1.54) is 0 Å². The molecule has 1 N–H and O–H groups in total. The van der Waals surface area contributed by atoms with E-state index in [1.807, 2.05) is 48.7 Å². The number of nitrogens with zero attached hydrogens (tertiary/aromatic N) is 4. The molecule has 0 bridgehead atoms. The van der Waals surface area contributed by atoms with Crippen molar-refractivity contribution in [3.63, 3.8) is 0 Å². The van der Waals surface area contributed by atoms with Crippen molar-refractivity contribution in [2.45, 2.75) is 6.92 Å². The first kappa shape index (κ1) is 12.5. The molecule has 2 aromatic heterocycles. The van der Waals surface area contributed by atoms with E-state index in [0.717, 1.165) is 28.1 Å². The molecule has 0 saturated heterocycles. The number of rotatable bonds is 2. The van der Waals surface area contributed by atoms with Gasteiger partial charge in [0.1, 0.15) is 17.1 Å². The van der Waals surface area contributed by atoms with Gasteiger partial charge in [0.25, 0.3) is 0 Å². The van der Waals surface area contributed by atoms with E-state index in [-0.39, 0.29) is 5.75 Å². The zero-order valence-corrected chi connectivity index (χ0v) is 11.7. The summed E-state index contributed by atoms with van der Waals surface area (Å²) in [7, 11) is 3.89. The number of benzene rings is 1. The fourth-order valence-electron chi connectivity index (χ4n) is 2.30. The predicted octanol–water partition coefficient (Wildman–Crippen LogP) is 2.75. The molecule has 0 spiro atoms. The SMILES string of the molecule is Cc1c(O)cccc1N(C)c1cc2c(cn1)ncn2C. The predicted molar refractivity (Wildman–Crippen MR) is 79.4 cm³/mol. The van der Waals surface area contributed by atoms with Crippen molar-refractivity contribution in [2.75, 3.05) is 11.9 Å². The molecule has 5 nitrogen and oxygen atoms in total. The minimum atomic E-state index is 0.288. The van der Waals surface area contributed by atoms with Crippen molar-refractivity contribution in [1.29, 1.82) is 0 Å². The molecule has 0 atom stereocenters. The Morgan fingerprint density at radius 3 is 2.85 bits per heavy atom. The van der Waals surface area contributed by atoms with Gasteiger partial charge in [-0.3, -0.25) is 0 Å². The van der Waals surface area contributed by atoms with Gasteiger partial charge in [-0.2, -0.15) is 0 Å². The van der Waals surface area contributed by atoms with Gasteiger partial charge in [0, 0.05) is 31.4 Å². The number of phenolic OH excluding ortho intramolecular Hbond substituents is 1. The van der Waals surface area contributed by atoms with Gasteiger partial charge in [-0.1, -0.05) is 6.07 Å².